The van der Waals surface area contributed by atoms with Gasteiger partial charge in [-0.1, -0.05) is 13.0 Å². The summed E-state index contributed by atoms with van der Waals surface area (Å²) in [5.41, 5.74) is 2.22. The Bertz CT molecular complexity index is 471. The van der Waals surface area contributed by atoms with Crippen LogP contribution < -0.4 is 5.32 Å². The standard InChI is InChI=1S/C13H14FNO/c1-13-5-4-11(16)15-12(13)10-6-9(14)3-2-8(10)7-13/h2-3,6,12H,4-5,7H2,1H3,(H,15,16)/t12-,13+/m1/s1. The van der Waals surface area contributed by atoms with Crippen LogP contribution in [0.25, 0.3) is 0 Å². The fourth-order valence-corrected chi connectivity index (χ4v) is 3.03. The number of halogens is 1. The summed E-state index contributed by atoms with van der Waals surface area (Å²) in [4.78, 5) is 11.4. The summed E-state index contributed by atoms with van der Waals surface area (Å²) in [6.07, 6.45) is 2.41. The molecule has 1 heterocycles. The lowest BCUT2D eigenvalue weighted by Gasteiger charge is -2.36. The van der Waals surface area contributed by atoms with E-state index in [0.29, 0.717) is 6.42 Å². The van der Waals surface area contributed by atoms with Gasteiger partial charge in [-0.25, -0.2) is 4.39 Å². The predicted octanol–water partition coefficient (Wildman–Crippen LogP) is 2.34. The summed E-state index contributed by atoms with van der Waals surface area (Å²) >= 11 is 0. The average Bonchev–Trinajstić information content (AvgIpc) is 2.52. The van der Waals surface area contributed by atoms with Gasteiger partial charge in [0.15, 0.2) is 0 Å². The van der Waals surface area contributed by atoms with E-state index >= 15 is 0 Å². The van der Waals surface area contributed by atoms with Crippen LogP contribution in [0.4, 0.5) is 4.39 Å². The van der Waals surface area contributed by atoms with Crippen molar-refractivity contribution in [2.24, 2.45) is 5.41 Å². The van der Waals surface area contributed by atoms with Crippen molar-refractivity contribution in [1.82, 2.24) is 5.32 Å². The van der Waals surface area contributed by atoms with Crippen molar-refractivity contribution < 1.29 is 9.18 Å². The molecule has 2 atom stereocenters. The SMILES string of the molecule is C[C@@]12CCC(=O)N[C@@H]1c1cc(F)ccc1C2. The van der Waals surface area contributed by atoms with Gasteiger partial charge >= 0.3 is 0 Å². The molecule has 16 heavy (non-hydrogen) atoms. The van der Waals surface area contributed by atoms with E-state index in [-0.39, 0.29) is 23.2 Å². The summed E-state index contributed by atoms with van der Waals surface area (Å²) in [7, 11) is 0. The van der Waals surface area contributed by atoms with E-state index in [2.05, 4.69) is 12.2 Å². The third-order valence-corrected chi connectivity index (χ3v) is 3.94. The molecular weight excluding hydrogens is 205 g/mol. The molecule has 84 valence electrons. The lowest BCUT2D eigenvalue weighted by molar-refractivity contribution is -0.125. The molecule has 1 fully saturated rings. The van der Waals surface area contributed by atoms with Gasteiger partial charge in [0, 0.05) is 6.42 Å². The highest BCUT2D eigenvalue weighted by atomic mass is 19.1. The van der Waals surface area contributed by atoms with Crippen molar-refractivity contribution in [3.63, 3.8) is 0 Å². The second-order valence-electron chi connectivity index (χ2n) is 5.17. The molecule has 0 bridgehead atoms. The van der Waals surface area contributed by atoms with Crippen molar-refractivity contribution in [2.45, 2.75) is 32.2 Å². The van der Waals surface area contributed by atoms with E-state index in [1.165, 1.54) is 11.6 Å². The smallest absolute Gasteiger partial charge is 0.220 e. The number of carbonyl (C=O) groups excluding carboxylic acids is 1. The molecule has 2 nitrogen and oxygen atoms in total. The number of rotatable bonds is 0. The van der Waals surface area contributed by atoms with E-state index < -0.39 is 0 Å². The molecule has 1 saturated heterocycles. The van der Waals surface area contributed by atoms with Gasteiger partial charge in [0.1, 0.15) is 5.82 Å². The monoisotopic (exact) mass is 219 g/mol. The summed E-state index contributed by atoms with van der Waals surface area (Å²) in [5, 5.41) is 3.00. The molecule has 0 radical (unpaired) electrons. The first-order valence-corrected chi connectivity index (χ1v) is 5.66. The third-order valence-electron chi connectivity index (χ3n) is 3.94. The summed E-state index contributed by atoms with van der Waals surface area (Å²) in [5.74, 6) is -0.137. The molecule has 0 spiro atoms. The highest BCUT2D eigenvalue weighted by Gasteiger charge is 2.45. The summed E-state index contributed by atoms with van der Waals surface area (Å²) in [6, 6.07) is 4.91. The summed E-state index contributed by atoms with van der Waals surface area (Å²) < 4.78 is 13.2. The van der Waals surface area contributed by atoms with Crippen LogP contribution in [0.5, 0.6) is 0 Å². The van der Waals surface area contributed by atoms with Gasteiger partial charge in [-0.05, 0) is 41.5 Å². The molecule has 1 aromatic rings. The normalized spacial score (nSPS) is 31.9. The maximum atomic E-state index is 13.2. The fraction of sp³-hybridized carbons (Fsp3) is 0.462. The molecule has 1 aromatic carbocycles. The van der Waals surface area contributed by atoms with Crippen LogP contribution in [0.2, 0.25) is 0 Å². The fourth-order valence-electron chi connectivity index (χ4n) is 3.03. The van der Waals surface area contributed by atoms with E-state index in [9.17, 15) is 9.18 Å². The number of hydrogen-bond donors (Lipinski definition) is 1. The Labute approximate surface area is 93.9 Å². The van der Waals surface area contributed by atoms with Gasteiger partial charge < -0.3 is 5.32 Å². The molecule has 1 aliphatic carbocycles. The molecule has 3 rings (SSSR count). The lowest BCUT2D eigenvalue weighted by Crippen LogP contribution is -2.42. The highest BCUT2D eigenvalue weighted by Crippen LogP contribution is 2.50. The molecule has 1 N–H and O–H groups in total. The van der Waals surface area contributed by atoms with Crippen LogP contribution in [-0.4, -0.2) is 5.91 Å². The molecule has 3 heteroatoms. The number of fused-ring (bicyclic) bond motifs is 3. The van der Waals surface area contributed by atoms with Gasteiger partial charge in [-0.2, -0.15) is 0 Å². The number of nitrogens with one attached hydrogen (secondary N) is 1. The maximum Gasteiger partial charge on any atom is 0.220 e. The molecule has 2 aliphatic rings. The van der Waals surface area contributed by atoms with Gasteiger partial charge in [0.2, 0.25) is 5.91 Å². The first-order valence-electron chi connectivity index (χ1n) is 5.66. The lowest BCUT2D eigenvalue weighted by atomic mass is 9.76. The quantitative estimate of drug-likeness (QED) is 0.713. The molecular formula is C13H14FNO. The topological polar surface area (TPSA) is 29.1 Å². The Morgan fingerprint density at radius 2 is 2.31 bits per heavy atom. The van der Waals surface area contributed by atoms with Gasteiger partial charge in [-0.3, -0.25) is 4.79 Å². The van der Waals surface area contributed by atoms with Gasteiger partial charge in [-0.15, -0.1) is 0 Å². The maximum absolute atomic E-state index is 13.2. The average molecular weight is 219 g/mol. The van der Waals surface area contributed by atoms with Crippen LogP contribution in [0, 0.1) is 11.2 Å². The molecule has 0 aromatic heterocycles. The van der Waals surface area contributed by atoms with Crippen LogP contribution in [0.15, 0.2) is 18.2 Å². The van der Waals surface area contributed by atoms with Crippen molar-refractivity contribution in [2.75, 3.05) is 0 Å². The van der Waals surface area contributed by atoms with Gasteiger partial charge in [0.05, 0.1) is 6.04 Å². The second kappa shape index (κ2) is 3.06. The number of hydrogen-bond acceptors (Lipinski definition) is 1. The molecule has 1 aliphatic heterocycles. The number of carbonyl (C=O) groups is 1. The third kappa shape index (κ3) is 1.27. The van der Waals surface area contributed by atoms with Crippen LogP contribution in [0.1, 0.15) is 36.9 Å². The van der Waals surface area contributed by atoms with E-state index in [1.807, 2.05) is 6.07 Å². The zero-order chi connectivity index (χ0) is 11.3. The van der Waals surface area contributed by atoms with Crippen LogP contribution in [0.3, 0.4) is 0 Å². The largest absolute Gasteiger partial charge is 0.349 e. The minimum absolute atomic E-state index is 0.000509. The Hall–Kier alpha value is -1.38. The zero-order valence-corrected chi connectivity index (χ0v) is 9.22. The van der Waals surface area contributed by atoms with Crippen molar-refractivity contribution >= 4 is 5.91 Å². The van der Waals surface area contributed by atoms with E-state index in [4.69, 9.17) is 0 Å². The molecule has 0 unspecified atom stereocenters. The Kier molecular flexibility index (Phi) is 1.88. The Morgan fingerprint density at radius 3 is 3.12 bits per heavy atom. The van der Waals surface area contributed by atoms with Crippen molar-refractivity contribution in [3.05, 3.63) is 35.1 Å². The number of piperidine rings is 1. The Balaban J connectivity index is 2.08. The summed E-state index contributed by atoms with van der Waals surface area (Å²) in [6.45, 7) is 2.18. The van der Waals surface area contributed by atoms with Crippen molar-refractivity contribution in [1.29, 1.82) is 0 Å². The number of benzene rings is 1. The minimum Gasteiger partial charge on any atom is -0.349 e. The minimum atomic E-state index is -0.220. The second-order valence-corrected chi connectivity index (χ2v) is 5.17. The van der Waals surface area contributed by atoms with E-state index in [1.54, 1.807) is 6.07 Å². The Morgan fingerprint density at radius 1 is 1.50 bits per heavy atom. The first-order chi connectivity index (χ1) is 7.58. The number of amides is 1. The van der Waals surface area contributed by atoms with Crippen LogP contribution >= 0.6 is 0 Å². The zero-order valence-electron chi connectivity index (χ0n) is 9.22. The molecule has 1 amide bonds. The first kappa shape index (κ1) is 9.82. The van der Waals surface area contributed by atoms with Crippen LogP contribution in [-0.2, 0) is 11.2 Å². The highest BCUT2D eigenvalue weighted by molar-refractivity contribution is 5.78. The van der Waals surface area contributed by atoms with E-state index in [0.717, 1.165) is 18.4 Å². The predicted molar refractivity (Wildman–Crippen MR) is 58.3 cm³/mol. The van der Waals surface area contributed by atoms with Crippen molar-refractivity contribution in [3.8, 4) is 0 Å². The molecule has 0 saturated carbocycles. The van der Waals surface area contributed by atoms with Gasteiger partial charge in [0.25, 0.3) is 0 Å².